The molecule has 152 valence electrons. The Bertz CT molecular complexity index is 1070. The number of nitrogens with zero attached hydrogens (tertiary/aromatic N) is 4. The second-order valence-corrected chi connectivity index (χ2v) is 7.70. The second-order valence-electron chi connectivity index (χ2n) is 7.70. The van der Waals surface area contributed by atoms with Gasteiger partial charge in [-0.1, -0.05) is 48.5 Å². The maximum atomic E-state index is 11.6. The number of carbonyl (C=O) groups is 1. The van der Waals surface area contributed by atoms with Crippen LogP contribution in [0.5, 0.6) is 0 Å². The van der Waals surface area contributed by atoms with Crippen LogP contribution in [0, 0.1) is 17.2 Å². The average Bonchev–Trinajstić information content (AvgIpc) is 3.22. The van der Waals surface area contributed by atoms with Gasteiger partial charge in [0.1, 0.15) is 0 Å². The quantitative estimate of drug-likeness (QED) is 0.689. The maximum Gasteiger partial charge on any atom is 0.221 e. The highest BCUT2D eigenvalue weighted by atomic mass is 16.1. The third-order valence-corrected chi connectivity index (χ3v) is 5.75. The summed E-state index contributed by atoms with van der Waals surface area (Å²) in [5, 5.41) is 9.65. The highest BCUT2D eigenvalue weighted by molar-refractivity contribution is 5.81. The molecule has 0 radical (unpaired) electrons. The molecule has 30 heavy (non-hydrogen) atoms. The van der Waals surface area contributed by atoms with E-state index in [-0.39, 0.29) is 11.8 Å². The van der Waals surface area contributed by atoms with Crippen LogP contribution in [0.4, 0.5) is 0 Å². The molecule has 1 fully saturated rings. The van der Waals surface area contributed by atoms with E-state index in [1.165, 1.54) is 0 Å². The first kappa shape index (κ1) is 19.9. The van der Waals surface area contributed by atoms with Crippen LogP contribution >= 0.6 is 0 Å². The van der Waals surface area contributed by atoms with E-state index < -0.39 is 0 Å². The van der Waals surface area contributed by atoms with Crippen molar-refractivity contribution in [1.82, 2.24) is 14.5 Å². The Morgan fingerprint density at radius 3 is 2.67 bits per heavy atom. The van der Waals surface area contributed by atoms with Crippen LogP contribution < -0.4 is 5.73 Å². The lowest BCUT2D eigenvalue weighted by Crippen LogP contribution is -2.42. The summed E-state index contributed by atoms with van der Waals surface area (Å²) in [5.41, 5.74) is 9.87. The molecule has 1 aliphatic rings. The molecule has 1 aliphatic heterocycles. The molecule has 2 aromatic carbocycles. The Labute approximate surface area is 176 Å². The van der Waals surface area contributed by atoms with Crippen molar-refractivity contribution in [3.63, 3.8) is 0 Å². The number of hydrogen-bond donors (Lipinski definition) is 1. The fourth-order valence-electron chi connectivity index (χ4n) is 4.17. The van der Waals surface area contributed by atoms with E-state index in [0.29, 0.717) is 12.1 Å². The van der Waals surface area contributed by atoms with E-state index >= 15 is 0 Å². The monoisotopic (exact) mass is 399 g/mol. The second kappa shape index (κ2) is 8.93. The summed E-state index contributed by atoms with van der Waals surface area (Å²) in [6.07, 6.45) is 3.70. The van der Waals surface area contributed by atoms with Crippen LogP contribution in [0.3, 0.4) is 0 Å². The van der Waals surface area contributed by atoms with Crippen molar-refractivity contribution in [2.75, 3.05) is 19.6 Å². The van der Waals surface area contributed by atoms with Gasteiger partial charge in [0.25, 0.3) is 0 Å². The molecule has 0 aliphatic carbocycles. The summed E-state index contributed by atoms with van der Waals surface area (Å²) in [6, 6.07) is 20.0. The maximum absolute atomic E-state index is 11.6. The first-order chi connectivity index (χ1) is 14.7. The van der Waals surface area contributed by atoms with Gasteiger partial charge in [0.2, 0.25) is 5.91 Å². The van der Waals surface area contributed by atoms with Gasteiger partial charge in [-0.25, -0.2) is 4.98 Å². The van der Waals surface area contributed by atoms with Crippen molar-refractivity contribution in [1.29, 1.82) is 5.26 Å². The van der Waals surface area contributed by atoms with Crippen LogP contribution in [0.25, 0.3) is 22.5 Å². The van der Waals surface area contributed by atoms with Gasteiger partial charge >= 0.3 is 0 Å². The van der Waals surface area contributed by atoms with Gasteiger partial charge < -0.3 is 15.2 Å². The van der Waals surface area contributed by atoms with Crippen molar-refractivity contribution in [3.05, 3.63) is 66.5 Å². The highest BCUT2D eigenvalue weighted by Gasteiger charge is 2.24. The number of primary amides is 1. The van der Waals surface area contributed by atoms with Crippen LogP contribution in [-0.2, 0) is 11.3 Å². The zero-order valence-electron chi connectivity index (χ0n) is 16.9. The predicted molar refractivity (Wildman–Crippen MR) is 116 cm³/mol. The molecule has 1 saturated heterocycles. The van der Waals surface area contributed by atoms with Crippen LogP contribution in [0.15, 0.2) is 60.9 Å². The third kappa shape index (κ3) is 4.12. The van der Waals surface area contributed by atoms with Gasteiger partial charge in [0, 0.05) is 30.8 Å². The number of likely N-dealkylation sites (tertiary alicyclic amines) is 1. The molecule has 1 atom stereocenters. The molecule has 3 aromatic rings. The number of piperidine rings is 1. The van der Waals surface area contributed by atoms with Crippen molar-refractivity contribution >= 4 is 5.91 Å². The third-order valence-electron chi connectivity index (χ3n) is 5.75. The summed E-state index contributed by atoms with van der Waals surface area (Å²) in [7, 11) is 0. The van der Waals surface area contributed by atoms with Gasteiger partial charge in [0.15, 0.2) is 0 Å². The largest absolute Gasteiger partial charge is 0.369 e. The molecule has 1 aromatic heterocycles. The van der Waals surface area contributed by atoms with Crippen molar-refractivity contribution in [3.8, 4) is 28.6 Å². The Hall–Kier alpha value is -3.43. The molecular formula is C24H25N5O. The SMILES string of the molecule is N#Cc1ccccc1-c1c(-c2ccccc2)ncn1CCN1CCC[C@H](C(N)=O)C1. The lowest BCUT2D eigenvalue weighted by Gasteiger charge is -2.31. The standard InChI is InChI=1S/C24H25N5O/c25-15-19-9-4-5-11-21(19)23-22(18-7-2-1-3-8-18)27-17-29(23)14-13-28-12-6-10-20(16-28)24(26)30/h1-5,7-9,11,17,20H,6,10,12-14,16H2,(H2,26,30)/t20-/m0/s1. The molecule has 0 bridgehead atoms. The fourth-order valence-corrected chi connectivity index (χ4v) is 4.17. The minimum atomic E-state index is -0.211. The number of rotatable bonds is 6. The van der Waals surface area contributed by atoms with E-state index in [1.807, 2.05) is 60.9 Å². The molecular weight excluding hydrogens is 374 g/mol. The molecule has 2 N–H and O–H groups in total. The number of amides is 1. The molecule has 0 saturated carbocycles. The van der Waals surface area contributed by atoms with Crippen LogP contribution in [-0.4, -0.2) is 40.0 Å². The van der Waals surface area contributed by atoms with Gasteiger partial charge in [-0.15, -0.1) is 0 Å². The van der Waals surface area contributed by atoms with Crippen LogP contribution in [0.1, 0.15) is 18.4 Å². The summed E-state index contributed by atoms with van der Waals surface area (Å²) < 4.78 is 2.12. The lowest BCUT2D eigenvalue weighted by molar-refractivity contribution is -0.123. The Morgan fingerprint density at radius 2 is 1.90 bits per heavy atom. The molecule has 6 heteroatoms. The minimum Gasteiger partial charge on any atom is -0.369 e. The zero-order valence-corrected chi connectivity index (χ0v) is 16.9. The first-order valence-corrected chi connectivity index (χ1v) is 10.3. The molecule has 1 amide bonds. The molecule has 6 nitrogen and oxygen atoms in total. The number of hydrogen-bond acceptors (Lipinski definition) is 4. The van der Waals surface area contributed by atoms with Gasteiger partial charge in [-0.2, -0.15) is 5.26 Å². The number of imidazole rings is 1. The Balaban J connectivity index is 1.66. The van der Waals surface area contributed by atoms with E-state index in [1.54, 1.807) is 0 Å². The van der Waals surface area contributed by atoms with Gasteiger partial charge in [-0.3, -0.25) is 4.79 Å². The lowest BCUT2D eigenvalue weighted by atomic mass is 9.97. The number of aromatic nitrogens is 2. The highest BCUT2D eigenvalue weighted by Crippen LogP contribution is 2.33. The average molecular weight is 399 g/mol. The Kier molecular flexibility index (Phi) is 5.92. The van der Waals surface area contributed by atoms with E-state index in [2.05, 4.69) is 15.5 Å². The smallest absolute Gasteiger partial charge is 0.221 e. The number of nitrogens with two attached hydrogens (primary N) is 1. The molecule has 0 spiro atoms. The summed E-state index contributed by atoms with van der Waals surface area (Å²) in [5.74, 6) is -0.280. The molecule has 2 heterocycles. The number of benzene rings is 2. The van der Waals surface area contributed by atoms with Gasteiger partial charge in [0.05, 0.1) is 35.3 Å². The fraction of sp³-hybridized carbons (Fsp3) is 0.292. The molecule has 4 rings (SSSR count). The predicted octanol–water partition coefficient (Wildman–Crippen LogP) is 3.29. The van der Waals surface area contributed by atoms with Crippen molar-refractivity contribution < 1.29 is 4.79 Å². The zero-order chi connectivity index (χ0) is 20.9. The number of carbonyl (C=O) groups excluding carboxylic acids is 1. The van der Waals surface area contributed by atoms with E-state index in [4.69, 9.17) is 10.7 Å². The first-order valence-electron chi connectivity index (χ1n) is 10.3. The van der Waals surface area contributed by atoms with Gasteiger partial charge in [-0.05, 0) is 25.5 Å². The summed E-state index contributed by atoms with van der Waals surface area (Å²) in [4.78, 5) is 18.6. The molecule has 0 unspecified atom stereocenters. The van der Waals surface area contributed by atoms with Crippen LogP contribution in [0.2, 0.25) is 0 Å². The normalized spacial score (nSPS) is 16.8. The summed E-state index contributed by atoms with van der Waals surface area (Å²) >= 11 is 0. The topological polar surface area (TPSA) is 87.9 Å². The van der Waals surface area contributed by atoms with Crippen molar-refractivity contribution in [2.24, 2.45) is 11.7 Å². The van der Waals surface area contributed by atoms with Crippen molar-refractivity contribution in [2.45, 2.75) is 19.4 Å². The van der Waals surface area contributed by atoms with E-state index in [0.717, 1.165) is 55.0 Å². The number of nitriles is 1. The Morgan fingerprint density at radius 1 is 1.13 bits per heavy atom. The minimum absolute atomic E-state index is 0.0693. The summed E-state index contributed by atoms with van der Waals surface area (Å²) in [6.45, 7) is 3.20. The van der Waals surface area contributed by atoms with E-state index in [9.17, 15) is 10.1 Å².